The topological polar surface area (TPSA) is 74.6 Å². The van der Waals surface area contributed by atoms with Crippen molar-refractivity contribution in [3.63, 3.8) is 0 Å². The van der Waals surface area contributed by atoms with Crippen molar-refractivity contribution < 1.29 is 18.7 Å². The number of carboxylic acid groups (broad SMARTS) is 1. The van der Waals surface area contributed by atoms with Gasteiger partial charge in [0.05, 0.1) is 11.7 Å². The molecule has 0 fully saturated rings. The van der Waals surface area contributed by atoms with Gasteiger partial charge < -0.3 is 9.66 Å². The minimum absolute atomic E-state index is 0.199. The number of carboxylic acids is 1. The smallest absolute Gasteiger partial charge is 0.307 e. The highest BCUT2D eigenvalue weighted by Gasteiger charge is 2.12. The number of carbonyl (C=O) groups is 1. The van der Waals surface area contributed by atoms with E-state index < -0.39 is 23.0 Å². The fourth-order valence-electron chi connectivity index (χ4n) is 0.285. The van der Waals surface area contributed by atoms with Gasteiger partial charge >= 0.3 is 5.97 Å². The van der Waals surface area contributed by atoms with Gasteiger partial charge in [0.15, 0.2) is 11.1 Å². The summed E-state index contributed by atoms with van der Waals surface area (Å²) in [6, 6.07) is 0. The van der Waals surface area contributed by atoms with Crippen LogP contribution in [0.25, 0.3) is 0 Å². The summed E-state index contributed by atoms with van der Waals surface area (Å²) in [6.07, 6.45) is 0. The molecule has 0 aliphatic rings. The zero-order valence-electron chi connectivity index (χ0n) is 4.90. The summed E-state index contributed by atoms with van der Waals surface area (Å²) in [5, 5.41) is 8.19. The molecule has 0 rings (SSSR count). The summed E-state index contributed by atoms with van der Waals surface area (Å²) in [7, 11) is 0. The molecule has 0 spiro atoms. The van der Waals surface area contributed by atoms with E-state index in [4.69, 9.17) is 9.66 Å². The van der Waals surface area contributed by atoms with Gasteiger partial charge in [-0.3, -0.25) is 4.79 Å². The van der Waals surface area contributed by atoms with E-state index in [0.717, 1.165) is 0 Å². The molecule has 1 unspecified atom stereocenters. The summed E-state index contributed by atoms with van der Waals surface area (Å²) >= 11 is -2.00. The fraction of sp³-hybridized carbons (Fsp3) is 0.750. The van der Waals surface area contributed by atoms with Crippen LogP contribution in [-0.2, 0) is 15.9 Å². The highest BCUT2D eigenvalue weighted by molar-refractivity contribution is 7.79. The van der Waals surface area contributed by atoms with Crippen LogP contribution in [0.5, 0.6) is 0 Å². The summed E-state index contributed by atoms with van der Waals surface area (Å²) in [5.74, 6) is -1.98. The van der Waals surface area contributed by atoms with E-state index >= 15 is 0 Å². The van der Waals surface area contributed by atoms with Gasteiger partial charge in [0.2, 0.25) is 0 Å². The maximum atomic E-state index is 9.99. The van der Waals surface area contributed by atoms with E-state index in [-0.39, 0.29) is 5.75 Å². The van der Waals surface area contributed by atoms with Crippen LogP contribution in [0.3, 0.4) is 0 Å². The normalized spacial score (nSPS) is 16.7. The standard InChI is InChI=1S/C4H8O4S/c1-3(4(5)6)2-9(7)8/h3H,2H2,1H3,(H,5,6)(H,7,8)/t3-/m1/s1. The van der Waals surface area contributed by atoms with E-state index in [1.165, 1.54) is 6.92 Å². The molecule has 9 heavy (non-hydrogen) atoms. The number of hydrogen-bond donors (Lipinski definition) is 2. The minimum Gasteiger partial charge on any atom is -0.481 e. The summed E-state index contributed by atoms with van der Waals surface area (Å²) < 4.78 is 18.1. The first-order valence-corrected chi connectivity index (χ1v) is 3.62. The Hall–Kier alpha value is -0.420. The lowest BCUT2D eigenvalue weighted by atomic mass is 10.2. The maximum absolute atomic E-state index is 9.99. The Labute approximate surface area is 55.2 Å². The van der Waals surface area contributed by atoms with E-state index in [1.54, 1.807) is 0 Å². The summed E-state index contributed by atoms with van der Waals surface area (Å²) in [6.45, 7) is 1.39. The van der Waals surface area contributed by atoms with Gasteiger partial charge in [0, 0.05) is 0 Å². The second-order valence-corrected chi connectivity index (χ2v) is 2.70. The van der Waals surface area contributed by atoms with Crippen molar-refractivity contribution in [2.45, 2.75) is 6.92 Å². The molecule has 0 heterocycles. The molecule has 4 nitrogen and oxygen atoms in total. The zero-order valence-corrected chi connectivity index (χ0v) is 5.72. The number of hydrogen-bond acceptors (Lipinski definition) is 2. The van der Waals surface area contributed by atoms with Gasteiger partial charge in [0.25, 0.3) is 0 Å². The average molecular weight is 152 g/mol. The molecule has 5 heteroatoms. The van der Waals surface area contributed by atoms with Gasteiger partial charge in [-0.15, -0.1) is 0 Å². The Kier molecular flexibility index (Phi) is 3.41. The molecule has 0 radical (unpaired) electrons. The molecule has 0 aromatic heterocycles. The van der Waals surface area contributed by atoms with Gasteiger partial charge in [-0.1, -0.05) is 6.92 Å². The monoisotopic (exact) mass is 152 g/mol. The molecular weight excluding hydrogens is 144 g/mol. The Morgan fingerprint density at radius 2 is 2.22 bits per heavy atom. The van der Waals surface area contributed by atoms with E-state index in [9.17, 15) is 9.00 Å². The summed E-state index contributed by atoms with van der Waals surface area (Å²) in [5.41, 5.74) is 0. The van der Waals surface area contributed by atoms with Crippen LogP contribution in [0.1, 0.15) is 6.92 Å². The van der Waals surface area contributed by atoms with Crippen LogP contribution < -0.4 is 0 Å². The molecule has 0 saturated carbocycles. The van der Waals surface area contributed by atoms with Crippen molar-refractivity contribution in [1.29, 1.82) is 0 Å². The molecule has 0 saturated heterocycles. The third-order valence-electron chi connectivity index (χ3n) is 0.814. The zero-order chi connectivity index (χ0) is 7.44. The van der Waals surface area contributed by atoms with Gasteiger partial charge in [-0.25, -0.2) is 4.21 Å². The van der Waals surface area contributed by atoms with Gasteiger partial charge in [0.1, 0.15) is 0 Å². The van der Waals surface area contributed by atoms with Crippen molar-refractivity contribution in [3.05, 3.63) is 0 Å². The van der Waals surface area contributed by atoms with Crippen molar-refractivity contribution in [3.8, 4) is 0 Å². The molecular formula is C4H8O4S. The third kappa shape index (κ3) is 4.11. The maximum Gasteiger partial charge on any atom is 0.307 e. The highest BCUT2D eigenvalue weighted by atomic mass is 32.2. The van der Waals surface area contributed by atoms with Crippen molar-refractivity contribution in [2.24, 2.45) is 5.92 Å². The molecule has 0 aliphatic carbocycles. The third-order valence-corrected chi connectivity index (χ3v) is 1.60. The second-order valence-electron chi connectivity index (χ2n) is 1.73. The Morgan fingerprint density at radius 3 is 2.33 bits per heavy atom. The largest absolute Gasteiger partial charge is 0.481 e. The molecule has 0 aliphatic heterocycles. The van der Waals surface area contributed by atoms with E-state index in [1.807, 2.05) is 0 Å². The van der Waals surface area contributed by atoms with Gasteiger partial charge in [-0.2, -0.15) is 0 Å². The predicted octanol–water partition coefficient (Wildman–Crippen LogP) is -0.0712. The number of aliphatic carboxylic acids is 1. The molecule has 0 amide bonds. The first kappa shape index (κ1) is 8.58. The predicted molar refractivity (Wildman–Crippen MR) is 32.4 cm³/mol. The summed E-state index contributed by atoms with van der Waals surface area (Å²) in [4.78, 5) is 9.99. The Balaban J connectivity index is 3.63. The van der Waals surface area contributed by atoms with Crippen LogP contribution in [0, 0.1) is 5.92 Å². The molecule has 54 valence electrons. The van der Waals surface area contributed by atoms with Crippen LogP contribution in [0.4, 0.5) is 0 Å². The van der Waals surface area contributed by atoms with E-state index in [0.29, 0.717) is 0 Å². The SMILES string of the molecule is C[C@H](CS(=O)O)C(=O)O. The molecule has 0 bridgehead atoms. The second kappa shape index (κ2) is 3.58. The lowest BCUT2D eigenvalue weighted by Gasteiger charge is -1.99. The van der Waals surface area contributed by atoms with Gasteiger partial charge in [-0.05, 0) is 0 Å². The Morgan fingerprint density at radius 1 is 1.78 bits per heavy atom. The average Bonchev–Trinajstić information content (AvgIpc) is 1.63. The number of rotatable bonds is 3. The van der Waals surface area contributed by atoms with E-state index in [2.05, 4.69) is 0 Å². The molecule has 2 atom stereocenters. The molecule has 0 aromatic rings. The quantitative estimate of drug-likeness (QED) is 0.555. The Bertz CT molecular complexity index is 133. The van der Waals surface area contributed by atoms with Crippen LogP contribution >= 0.6 is 0 Å². The lowest BCUT2D eigenvalue weighted by molar-refractivity contribution is -0.140. The molecule has 2 N–H and O–H groups in total. The van der Waals surface area contributed by atoms with Crippen molar-refractivity contribution >= 4 is 17.0 Å². The first-order chi connectivity index (χ1) is 4.04. The fourth-order valence-corrected chi connectivity index (χ4v) is 0.855. The first-order valence-electron chi connectivity index (χ1n) is 2.34. The van der Waals surface area contributed by atoms with Crippen LogP contribution in [0.15, 0.2) is 0 Å². The lowest BCUT2D eigenvalue weighted by Crippen LogP contribution is -2.16. The van der Waals surface area contributed by atoms with Crippen LogP contribution in [-0.4, -0.2) is 25.6 Å². The van der Waals surface area contributed by atoms with Crippen molar-refractivity contribution in [1.82, 2.24) is 0 Å². The minimum atomic E-state index is -2.00. The van der Waals surface area contributed by atoms with Crippen LogP contribution in [0.2, 0.25) is 0 Å². The highest BCUT2D eigenvalue weighted by Crippen LogP contribution is 1.95. The molecule has 0 aromatic carbocycles. The van der Waals surface area contributed by atoms with Crippen molar-refractivity contribution in [2.75, 3.05) is 5.75 Å².